The molecule has 0 atom stereocenters. The summed E-state index contributed by atoms with van der Waals surface area (Å²) in [4.78, 5) is 27.5. The zero-order valence-corrected chi connectivity index (χ0v) is 19.3. The summed E-state index contributed by atoms with van der Waals surface area (Å²) in [5.41, 5.74) is 3.86. The smallest absolute Gasteiger partial charge is 0.253 e. The molecular formula is C29H31N3O2. The van der Waals surface area contributed by atoms with Crippen LogP contribution in [0.15, 0.2) is 91.0 Å². The predicted molar refractivity (Wildman–Crippen MR) is 138 cm³/mol. The van der Waals surface area contributed by atoms with Gasteiger partial charge in [0.15, 0.2) is 0 Å². The summed E-state index contributed by atoms with van der Waals surface area (Å²) in [6, 6.07) is 27.9. The number of hydrogen-bond acceptors (Lipinski definition) is 3. The molecule has 4 rings (SSSR count). The summed E-state index contributed by atoms with van der Waals surface area (Å²) in [5.74, 6) is -0.117. The number of carbonyl (C=O) groups excluding carboxylic acids is 2. The van der Waals surface area contributed by atoms with Gasteiger partial charge in [-0.25, -0.2) is 0 Å². The van der Waals surface area contributed by atoms with Crippen LogP contribution in [0, 0.1) is 0 Å². The minimum atomic E-state index is -0.0690. The molecule has 1 heterocycles. The van der Waals surface area contributed by atoms with Gasteiger partial charge in [-0.05, 0) is 48.6 Å². The van der Waals surface area contributed by atoms with Crippen molar-refractivity contribution in [1.82, 2.24) is 10.6 Å². The van der Waals surface area contributed by atoms with Crippen molar-refractivity contribution in [1.29, 1.82) is 0 Å². The fourth-order valence-corrected chi connectivity index (χ4v) is 4.25. The number of piperidine rings is 1. The fourth-order valence-electron chi connectivity index (χ4n) is 4.25. The first-order valence-electron chi connectivity index (χ1n) is 11.9. The van der Waals surface area contributed by atoms with Crippen LogP contribution in [0.3, 0.4) is 0 Å². The number of benzene rings is 3. The lowest BCUT2D eigenvalue weighted by atomic mass is 10.0. The van der Waals surface area contributed by atoms with Crippen molar-refractivity contribution in [2.45, 2.75) is 25.3 Å². The van der Waals surface area contributed by atoms with Crippen LogP contribution in [-0.4, -0.2) is 37.5 Å². The summed E-state index contributed by atoms with van der Waals surface area (Å²) in [5, 5.41) is 6.17. The van der Waals surface area contributed by atoms with Crippen LogP contribution >= 0.6 is 0 Å². The lowest BCUT2D eigenvalue weighted by Crippen LogP contribution is -2.44. The third kappa shape index (κ3) is 6.58. The topological polar surface area (TPSA) is 61.4 Å². The van der Waals surface area contributed by atoms with E-state index in [1.165, 1.54) is 5.56 Å². The summed E-state index contributed by atoms with van der Waals surface area (Å²) >= 11 is 0. The van der Waals surface area contributed by atoms with E-state index in [2.05, 4.69) is 27.7 Å². The maximum atomic E-state index is 12.9. The van der Waals surface area contributed by atoms with E-state index in [1.807, 2.05) is 78.9 Å². The van der Waals surface area contributed by atoms with Crippen LogP contribution in [0.25, 0.3) is 6.08 Å². The van der Waals surface area contributed by atoms with E-state index in [1.54, 1.807) is 6.08 Å². The summed E-state index contributed by atoms with van der Waals surface area (Å²) in [7, 11) is 0. The van der Waals surface area contributed by atoms with Gasteiger partial charge in [0, 0.05) is 37.4 Å². The number of nitrogens with zero attached hydrogens (tertiary/aromatic N) is 1. The third-order valence-electron chi connectivity index (χ3n) is 6.10. The first kappa shape index (κ1) is 23.3. The van der Waals surface area contributed by atoms with Gasteiger partial charge in [0.1, 0.15) is 0 Å². The van der Waals surface area contributed by atoms with E-state index in [0.29, 0.717) is 12.1 Å². The van der Waals surface area contributed by atoms with Crippen molar-refractivity contribution in [3.63, 3.8) is 0 Å². The number of anilines is 1. The Bertz CT molecular complexity index is 1100. The van der Waals surface area contributed by atoms with Crippen molar-refractivity contribution < 1.29 is 9.59 Å². The number of carbonyl (C=O) groups is 2. The minimum absolute atomic E-state index is 0.0481. The molecule has 5 nitrogen and oxygen atoms in total. The Labute approximate surface area is 201 Å². The van der Waals surface area contributed by atoms with Crippen LogP contribution in [0.4, 0.5) is 5.69 Å². The van der Waals surface area contributed by atoms with E-state index < -0.39 is 0 Å². The highest BCUT2D eigenvalue weighted by Crippen LogP contribution is 2.24. The molecular weight excluding hydrogens is 422 g/mol. The largest absolute Gasteiger partial charge is 0.371 e. The Morgan fingerprint density at radius 3 is 2.24 bits per heavy atom. The average molecular weight is 454 g/mol. The molecule has 174 valence electrons. The van der Waals surface area contributed by atoms with Gasteiger partial charge >= 0.3 is 0 Å². The normalized spacial score (nSPS) is 14.2. The lowest BCUT2D eigenvalue weighted by Gasteiger charge is -2.34. The first-order valence-corrected chi connectivity index (χ1v) is 11.9. The molecule has 0 bridgehead atoms. The van der Waals surface area contributed by atoms with Crippen LogP contribution in [-0.2, 0) is 11.2 Å². The quantitative estimate of drug-likeness (QED) is 0.495. The third-order valence-corrected chi connectivity index (χ3v) is 6.10. The molecule has 1 fully saturated rings. The van der Waals surface area contributed by atoms with Gasteiger partial charge in [-0.15, -0.1) is 0 Å². The molecule has 1 saturated heterocycles. The summed E-state index contributed by atoms with van der Waals surface area (Å²) in [6.07, 6.45) is 5.91. The summed E-state index contributed by atoms with van der Waals surface area (Å²) in [6.45, 7) is 2.19. The molecule has 3 aromatic rings. The van der Waals surface area contributed by atoms with E-state index in [9.17, 15) is 9.59 Å². The molecule has 1 aliphatic rings. The van der Waals surface area contributed by atoms with Crippen LogP contribution in [0.1, 0.15) is 34.3 Å². The van der Waals surface area contributed by atoms with E-state index in [0.717, 1.165) is 43.6 Å². The Balaban J connectivity index is 1.28. The molecule has 0 unspecified atom stereocenters. The van der Waals surface area contributed by atoms with E-state index in [4.69, 9.17) is 0 Å². The maximum absolute atomic E-state index is 12.9. The number of amides is 2. The number of rotatable bonds is 8. The van der Waals surface area contributed by atoms with Crippen molar-refractivity contribution in [2.24, 2.45) is 0 Å². The number of nitrogens with one attached hydrogen (secondary N) is 2. The van der Waals surface area contributed by atoms with Gasteiger partial charge in [-0.1, -0.05) is 72.8 Å². The standard InChI is InChI=1S/C29H31N3O2/c33-28(16-15-23-9-3-1-4-10-23)31-25-18-21-32(22-19-25)27-14-8-7-13-26(27)29(34)30-20-17-24-11-5-2-6-12-24/h1-16,25H,17-22H2,(H,30,34)(H,31,33)/b16-15+. The van der Waals surface area contributed by atoms with Crippen LogP contribution in [0.5, 0.6) is 0 Å². The predicted octanol–water partition coefficient (Wildman–Crippen LogP) is 4.46. The van der Waals surface area contributed by atoms with Gasteiger partial charge in [0.2, 0.25) is 5.91 Å². The van der Waals surface area contributed by atoms with Crippen LogP contribution < -0.4 is 15.5 Å². The first-order chi connectivity index (χ1) is 16.7. The Morgan fingerprint density at radius 1 is 0.853 bits per heavy atom. The van der Waals surface area contributed by atoms with Crippen molar-refractivity contribution in [3.05, 3.63) is 108 Å². The second-order valence-corrected chi connectivity index (χ2v) is 8.52. The molecule has 34 heavy (non-hydrogen) atoms. The fraction of sp³-hybridized carbons (Fsp3) is 0.241. The lowest BCUT2D eigenvalue weighted by molar-refractivity contribution is -0.117. The van der Waals surface area contributed by atoms with Crippen molar-refractivity contribution in [2.75, 3.05) is 24.5 Å². The molecule has 3 aromatic carbocycles. The van der Waals surface area contributed by atoms with Gasteiger partial charge in [-0.2, -0.15) is 0 Å². The van der Waals surface area contributed by atoms with Gasteiger partial charge in [0.05, 0.1) is 5.56 Å². The Morgan fingerprint density at radius 2 is 1.50 bits per heavy atom. The highest BCUT2D eigenvalue weighted by Gasteiger charge is 2.23. The molecule has 0 spiro atoms. The summed E-state index contributed by atoms with van der Waals surface area (Å²) < 4.78 is 0. The maximum Gasteiger partial charge on any atom is 0.253 e. The zero-order valence-electron chi connectivity index (χ0n) is 19.3. The van der Waals surface area contributed by atoms with Gasteiger partial charge in [0.25, 0.3) is 5.91 Å². The number of hydrogen-bond donors (Lipinski definition) is 2. The zero-order chi connectivity index (χ0) is 23.6. The van der Waals surface area contributed by atoms with Crippen LogP contribution in [0.2, 0.25) is 0 Å². The molecule has 2 amide bonds. The SMILES string of the molecule is O=C(/C=C/c1ccccc1)NC1CCN(c2ccccc2C(=O)NCCc2ccccc2)CC1. The van der Waals surface area contributed by atoms with E-state index >= 15 is 0 Å². The van der Waals surface area contributed by atoms with Crippen molar-refractivity contribution >= 4 is 23.6 Å². The monoisotopic (exact) mass is 453 g/mol. The highest BCUT2D eigenvalue weighted by atomic mass is 16.2. The second-order valence-electron chi connectivity index (χ2n) is 8.52. The molecule has 0 radical (unpaired) electrons. The average Bonchev–Trinajstić information content (AvgIpc) is 2.89. The van der Waals surface area contributed by atoms with Gasteiger partial charge < -0.3 is 15.5 Å². The van der Waals surface area contributed by atoms with E-state index in [-0.39, 0.29) is 17.9 Å². The molecule has 5 heteroatoms. The Kier molecular flexibility index (Phi) is 8.12. The molecule has 0 aromatic heterocycles. The van der Waals surface area contributed by atoms with Gasteiger partial charge in [-0.3, -0.25) is 9.59 Å². The molecule has 0 saturated carbocycles. The Hall–Kier alpha value is -3.86. The molecule has 2 N–H and O–H groups in total. The second kappa shape index (κ2) is 11.8. The number of para-hydroxylation sites is 1. The van der Waals surface area contributed by atoms with Crippen molar-refractivity contribution in [3.8, 4) is 0 Å². The highest BCUT2D eigenvalue weighted by molar-refractivity contribution is 5.99. The molecule has 1 aliphatic heterocycles. The molecule has 0 aliphatic carbocycles. The minimum Gasteiger partial charge on any atom is -0.371 e.